The van der Waals surface area contributed by atoms with Gasteiger partial charge in [0.2, 0.25) is 18.3 Å². The van der Waals surface area contributed by atoms with Crippen molar-refractivity contribution in [2.24, 2.45) is 0 Å². The van der Waals surface area contributed by atoms with E-state index < -0.39 is 41.5 Å². The van der Waals surface area contributed by atoms with Gasteiger partial charge in [-0.3, -0.25) is 9.36 Å². The van der Waals surface area contributed by atoms with E-state index in [1.807, 2.05) is 12.1 Å². The minimum atomic E-state index is -1.58. The van der Waals surface area contributed by atoms with Crippen molar-refractivity contribution in [2.45, 2.75) is 12.5 Å². The monoisotopic (exact) mass is 444 g/mol. The zero-order valence-electron chi connectivity index (χ0n) is 16.3. The molecule has 0 amide bonds. The van der Waals surface area contributed by atoms with E-state index >= 15 is 0 Å². The Balaban J connectivity index is 1.69. The molecule has 1 aromatic heterocycles. The number of carbonyl (C=O) groups is 2. The molecule has 0 radical (unpaired) electrons. The van der Waals surface area contributed by atoms with E-state index in [-0.39, 0.29) is 33.4 Å². The average molecular weight is 444 g/mol. The molecule has 0 spiro atoms. The maximum absolute atomic E-state index is 14.7. The predicted molar refractivity (Wildman–Crippen MR) is 104 cm³/mol. The summed E-state index contributed by atoms with van der Waals surface area (Å²) in [5.41, 5.74) is -1.86. The van der Waals surface area contributed by atoms with Crippen molar-refractivity contribution < 1.29 is 23.5 Å². The Bertz CT molecular complexity index is 1610. The number of nitrogens with zero attached hydrogens (tertiary/aromatic N) is 4. The van der Waals surface area contributed by atoms with Gasteiger partial charge < -0.3 is 9.47 Å². The summed E-state index contributed by atoms with van der Waals surface area (Å²) >= 11 is 0. The fourth-order valence-electron chi connectivity index (χ4n) is 3.82. The average Bonchev–Trinajstić information content (AvgIpc) is 3.32. The standard InChI is InChI=1S/C22H9FN4O6/c23-16-9-26(18-12-3-1-10(7-24)5-14(12)20(29)32-18)22(31)27(17(16)28)19-13-4-2-11(8-25)6-15(13)21(30)33-19/h1-6,9,18-19H. The second kappa shape index (κ2) is 7.00. The zero-order valence-corrected chi connectivity index (χ0v) is 16.3. The Morgan fingerprint density at radius 3 is 1.88 bits per heavy atom. The second-order valence-electron chi connectivity index (χ2n) is 7.19. The number of halogens is 1. The number of aromatic nitrogens is 2. The number of fused-ring (bicyclic) bond motifs is 2. The van der Waals surface area contributed by atoms with Crippen LogP contribution < -0.4 is 11.2 Å². The molecule has 0 saturated heterocycles. The molecule has 2 unspecified atom stereocenters. The molecule has 0 aliphatic carbocycles. The molecule has 0 saturated carbocycles. The lowest BCUT2D eigenvalue weighted by atomic mass is 10.0. The first-order valence-corrected chi connectivity index (χ1v) is 9.37. The van der Waals surface area contributed by atoms with Gasteiger partial charge in [0.15, 0.2) is 0 Å². The number of carbonyl (C=O) groups excluding carboxylic acids is 2. The second-order valence-corrected chi connectivity index (χ2v) is 7.19. The molecule has 2 aliphatic heterocycles. The van der Waals surface area contributed by atoms with Crippen molar-refractivity contribution in [1.29, 1.82) is 10.5 Å². The van der Waals surface area contributed by atoms with E-state index in [2.05, 4.69) is 0 Å². The summed E-state index contributed by atoms with van der Waals surface area (Å²) in [6.45, 7) is 0. The highest BCUT2D eigenvalue weighted by Crippen LogP contribution is 2.33. The fourth-order valence-corrected chi connectivity index (χ4v) is 3.82. The Labute approximate surface area is 182 Å². The van der Waals surface area contributed by atoms with E-state index in [0.29, 0.717) is 15.3 Å². The minimum absolute atomic E-state index is 0.0192. The molecule has 10 nitrogen and oxygen atoms in total. The number of benzene rings is 2. The normalized spacial score (nSPS) is 18.0. The molecule has 160 valence electrons. The van der Waals surface area contributed by atoms with E-state index in [1.165, 1.54) is 36.4 Å². The Morgan fingerprint density at radius 1 is 0.818 bits per heavy atom. The van der Waals surface area contributed by atoms with Crippen molar-refractivity contribution in [3.63, 3.8) is 0 Å². The summed E-state index contributed by atoms with van der Waals surface area (Å²) in [5, 5.41) is 18.1. The number of cyclic esters (lactones) is 2. The number of rotatable bonds is 2. The summed E-state index contributed by atoms with van der Waals surface area (Å²) in [7, 11) is 0. The van der Waals surface area contributed by atoms with E-state index in [4.69, 9.17) is 20.0 Å². The SMILES string of the molecule is N#Cc1ccc2c(c1)C(=O)OC2n1cc(F)c(=O)n(C2OC(=O)c3cc(C#N)ccc32)c1=O. The predicted octanol–water partition coefficient (Wildman–Crippen LogP) is 1.33. The van der Waals surface area contributed by atoms with E-state index in [0.717, 1.165) is 0 Å². The van der Waals surface area contributed by atoms with Crippen LogP contribution in [-0.2, 0) is 9.47 Å². The first-order valence-electron chi connectivity index (χ1n) is 9.37. The van der Waals surface area contributed by atoms with Crippen LogP contribution in [0, 0.1) is 28.5 Å². The molecule has 11 heteroatoms. The quantitative estimate of drug-likeness (QED) is 0.539. The van der Waals surface area contributed by atoms with Gasteiger partial charge in [0.1, 0.15) is 0 Å². The van der Waals surface area contributed by atoms with Gasteiger partial charge in [0.25, 0.3) is 5.56 Å². The van der Waals surface area contributed by atoms with E-state index in [9.17, 15) is 23.6 Å². The van der Waals surface area contributed by atoms with Gasteiger partial charge >= 0.3 is 17.6 Å². The highest BCUT2D eigenvalue weighted by Gasteiger charge is 2.38. The number of hydrogen-bond donors (Lipinski definition) is 0. The largest absolute Gasteiger partial charge is 0.433 e. The third kappa shape index (κ3) is 2.84. The Kier molecular flexibility index (Phi) is 4.22. The van der Waals surface area contributed by atoms with Crippen LogP contribution in [0.4, 0.5) is 4.39 Å². The van der Waals surface area contributed by atoms with Gasteiger partial charge in [0.05, 0.1) is 40.6 Å². The maximum Gasteiger partial charge on any atom is 0.340 e. The highest BCUT2D eigenvalue weighted by molar-refractivity contribution is 5.95. The first-order chi connectivity index (χ1) is 15.8. The molecule has 0 N–H and O–H groups in total. The van der Waals surface area contributed by atoms with Gasteiger partial charge in [-0.1, -0.05) is 12.1 Å². The number of hydrogen-bond acceptors (Lipinski definition) is 8. The van der Waals surface area contributed by atoms with Crippen LogP contribution in [0.15, 0.2) is 52.2 Å². The molecular formula is C22H9FN4O6. The van der Waals surface area contributed by atoms with Crippen molar-refractivity contribution in [3.8, 4) is 12.1 Å². The zero-order chi connectivity index (χ0) is 23.4. The lowest BCUT2D eigenvalue weighted by molar-refractivity contribution is 0.0240. The van der Waals surface area contributed by atoms with Crippen LogP contribution in [0.2, 0.25) is 0 Å². The Morgan fingerprint density at radius 2 is 1.33 bits per heavy atom. The van der Waals surface area contributed by atoms with Gasteiger partial charge in [-0.25, -0.2) is 19.0 Å². The molecule has 33 heavy (non-hydrogen) atoms. The number of nitriles is 2. The lowest BCUT2D eigenvalue weighted by Crippen LogP contribution is -2.45. The summed E-state index contributed by atoms with van der Waals surface area (Å²) < 4.78 is 26.1. The van der Waals surface area contributed by atoms with Crippen LogP contribution in [0.25, 0.3) is 0 Å². The van der Waals surface area contributed by atoms with Gasteiger partial charge in [-0.2, -0.15) is 14.9 Å². The van der Waals surface area contributed by atoms with Gasteiger partial charge in [0, 0.05) is 11.1 Å². The van der Waals surface area contributed by atoms with Crippen LogP contribution in [-0.4, -0.2) is 21.1 Å². The van der Waals surface area contributed by atoms with Crippen molar-refractivity contribution in [1.82, 2.24) is 9.13 Å². The first kappa shape index (κ1) is 19.9. The van der Waals surface area contributed by atoms with Gasteiger partial charge in [-0.15, -0.1) is 0 Å². The lowest BCUT2D eigenvalue weighted by Gasteiger charge is -2.19. The molecular weight excluding hydrogens is 435 g/mol. The van der Waals surface area contributed by atoms with Crippen molar-refractivity contribution in [2.75, 3.05) is 0 Å². The van der Waals surface area contributed by atoms with E-state index in [1.54, 1.807) is 0 Å². The third-order valence-electron chi connectivity index (χ3n) is 5.36. The van der Waals surface area contributed by atoms with Crippen molar-refractivity contribution >= 4 is 11.9 Å². The van der Waals surface area contributed by atoms with Crippen LogP contribution in [0.5, 0.6) is 0 Å². The molecule has 3 heterocycles. The molecule has 2 aromatic carbocycles. The molecule has 2 atom stereocenters. The summed E-state index contributed by atoms with van der Waals surface area (Å²) in [4.78, 5) is 50.4. The maximum atomic E-state index is 14.7. The summed E-state index contributed by atoms with van der Waals surface area (Å²) in [6.07, 6.45) is -2.39. The third-order valence-corrected chi connectivity index (χ3v) is 5.36. The molecule has 3 aromatic rings. The molecule has 2 aliphatic rings. The minimum Gasteiger partial charge on any atom is -0.433 e. The van der Waals surface area contributed by atoms with Gasteiger partial charge in [-0.05, 0) is 24.3 Å². The molecule has 5 rings (SSSR count). The van der Waals surface area contributed by atoms with Crippen LogP contribution in [0.1, 0.15) is 55.4 Å². The molecule has 0 fully saturated rings. The number of ether oxygens (including phenoxy) is 2. The number of esters is 2. The van der Waals surface area contributed by atoms with Crippen LogP contribution in [0.3, 0.4) is 0 Å². The smallest absolute Gasteiger partial charge is 0.340 e. The molecule has 0 bridgehead atoms. The fraction of sp³-hybridized carbons (Fsp3) is 0.0909. The highest BCUT2D eigenvalue weighted by atomic mass is 19.1. The van der Waals surface area contributed by atoms with Crippen molar-refractivity contribution in [3.05, 3.63) is 103 Å². The summed E-state index contributed by atoms with van der Waals surface area (Å²) in [5.74, 6) is -3.08. The Hall–Kier alpha value is -5.03. The summed E-state index contributed by atoms with van der Waals surface area (Å²) in [6, 6.07) is 11.7. The topological polar surface area (TPSA) is 144 Å². The van der Waals surface area contributed by atoms with Crippen LogP contribution >= 0.6 is 0 Å².